The lowest BCUT2D eigenvalue weighted by atomic mass is 10.0. The van der Waals surface area contributed by atoms with Crippen molar-refractivity contribution in [3.8, 4) is 5.75 Å². The Balaban J connectivity index is 1.70. The van der Waals surface area contributed by atoms with Crippen molar-refractivity contribution in [1.29, 1.82) is 0 Å². The Kier molecular flexibility index (Phi) is 3.98. The first-order valence-corrected chi connectivity index (χ1v) is 8.94. The SMILES string of the molecule is CC[NH+](CC)c1ccc(C2Nc3cccc4cccc(c34)N2)c(O)c1. The molecule has 0 aliphatic carbocycles. The number of nitrogens with one attached hydrogen (secondary N) is 3. The summed E-state index contributed by atoms with van der Waals surface area (Å²) < 4.78 is 0. The molecule has 4 rings (SSSR count). The van der Waals surface area contributed by atoms with E-state index in [4.69, 9.17) is 0 Å². The third-order valence-electron chi connectivity index (χ3n) is 5.11. The van der Waals surface area contributed by atoms with Crippen molar-refractivity contribution in [1.82, 2.24) is 0 Å². The van der Waals surface area contributed by atoms with Gasteiger partial charge in [0, 0.05) is 28.4 Å². The Bertz CT molecular complexity index is 877. The van der Waals surface area contributed by atoms with Crippen molar-refractivity contribution < 1.29 is 10.0 Å². The number of benzene rings is 3. The van der Waals surface area contributed by atoms with Crippen molar-refractivity contribution in [2.75, 3.05) is 23.7 Å². The van der Waals surface area contributed by atoms with Gasteiger partial charge in [-0.15, -0.1) is 0 Å². The van der Waals surface area contributed by atoms with Crippen molar-refractivity contribution in [2.24, 2.45) is 0 Å². The number of quaternary nitrogens is 1. The van der Waals surface area contributed by atoms with E-state index < -0.39 is 0 Å². The molecule has 1 aliphatic rings. The Morgan fingerprint density at radius 2 is 1.56 bits per heavy atom. The van der Waals surface area contributed by atoms with Crippen LogP contribution in [0.5, 0.6) is 5.75 Å². The van der Waals surface area contributed by atoms with Gasteiger partial charge in [0.05, 0.1) is 13.1 Å². The van der Waals surface area contributed by atoms with Gasteiger partial charge in [-0.25, -0.2) is 0 Å². The van der Waals surface area contributed by atoms with E-state index in [1.54, 1.807) is 0 Å². The van der Waals surface area contributed by atoms with Gasteiger partial charge < -0.3 is 20.6 Å². The highest BCUT2D eigenvalue weighted by Crippen LogP contribution is 2.40. The molecule has 128 valence electrons. The van der Waals surface area contributed by atoms with Crippen LogP contribution in [0.3, 0.4) is 0 Å². The van der Waals surface area contributed by atoms with E-state index >= 15 is 0 Å². The average Bonchev–Trinajstić information content (AvgIpc) is 2.63. The molecule has 0 bridgehead atoms. The Hall–Kier alpha value is -2.72. The molecule has 4 heteroatoms. The van der Waals surface area contributed by atoms with Crippen LogP contribution in [-0.2, 0) is 0 Å². The zero-order chi connectivity index (χ0) is 17.4. The molecule has 0 fully saturated rings. The van der Waals surface area contributed by atoms with Crippen LogP contribution in [-0.4, -0.2) is 18.2 Å². The fourth-order valence-electron chi connectivity index (χ4n) is 3.75. The lowest BCUT2D eigenvalue weighted by molar-refractivity contribution is -0.828. The van der Waals surface area contributed by atoms with Crippen LogP contribution < -0.4 is 15.5 Å². The summed E-state index contributed by atoms with van der Waals surface area (Å²) in [6, 6.07) is 18.6. The van der Waals surface area contributed by atoms with E-state index in [0.717, 1.165) is 35.7 Å². The van der Waals surface area contributed by atoms with E-state index in [9.17, 15) is 5.11 Å². The largest absolute Gasteiger partial charge is 0.507 e. The number of phenolic OH excluding ortho intramolecular Hbond substituents is 1. The molecule has 0 aromatic heterocycles. The smallest absolute Gasteiger partial charge is 0.134 e. The second-order valence-corrected chi connectivity index (χ2v) is 6.52. The predicted molar refractivity (Wildman–Crippen MR) is 104 cm³/mol. The minimum absolute atomic E-state index is 0.152. The molecule has 3 aromatic rings. The Labute approximate surface area is 148 Å². The van der Waals surface area contributed by atoms with Gasteiger partial charge in [-0.3, -0.25) is 0 Å². The van der Waals surface area contributed by atoms with Gasteiger partial charge in [0.1, 0.15) is 17.6 Å². The average molecular weight is 334 g/mol. The predicted octanol–water partition coefficient (Wildman–Crippen LogP) is 3.64. The molecule has 0 saturated carbocycles. The van der Waals surface area contributed by atoms with Gasteiger partial charge in [-0.2, -0.15) is 0 Å². The number of phenols is 1. The zero-order valence-corrected chi connectivity index (χ0v) is 14.6. The standard InChI is InChI=1S/C21H23N3O/c1-3-24(4-2)15-11-12-16(19(25)13-15)21-22-17-9-5-7-14-8-6-10-18(23-21)20(14)17/h5-13,21-23,25H,3-4H2,1-2H3/p+1. The van der Waals surface area contributed by atoms with Gasteiger partial charge >= 0.3 is 0 Å². The number of rotatable bonds is 4. The van der Waals surface area contributed by atoms with E-state index in [1.807, 2.05) is 12.1 Å². The fourth-order valence-corrected chi connectivity index (χ4v) is 3.75. The quantitative estimate of drug-likeness (QED) is 0.589. The zero-order valence-electron chi connectivity index (χ0n) is 14.6. The Morgan fingerprint density at radius 1 is 0.920 bits per heavy atom. The number of anilines is 2. The normalized spacial score (nSPS) is 13.7. The minimum Gasteiger partial charge on any atom is -0.507 e. The minimum atomic E-state index is -0.152. The maximum Gasteiger partial charge on any atom is 0.134 e. The highest BCUT2D eigenvalue weighted by atomic mass is 16.3. The highest BCUT2D eigenvalue weighted by molar-refractivity contribution is 6.04. The van der Waals surface area contributed by atoms with Crippen LogP contribution in [0.4, 0.5) is 17.1 Å². The summed E-state index contributed by atoms with van der Waals surface area (Å²) in [7, 11) is 0. The van der Waals surface area contributed by atoms with Crippen molar-refractivity contribution in [2.45, 2.75) is 20.0 Å². The summed E-state index contributed by atoms with van der Waals surface area (Å²) in [6.45, 7) is 6.33. The third kappa shape index (κ3) is 2.68. The molecule has 0 radical (unpaired) electrons. The molecule has 0 unspecified atom stereocenters. The number of aromatic hydroxyl groups is 1. The summed E-state index contributed by atoms with van der Waals surface area (Å²) in [5.41, 5.74) is 4.18. The monoisotopic (exact) mass is 334 g/mol. The van der Waals surface area contributed by atoms with Crippen LogP contribution in [0.25, 0.3) is 10.8 Å². The molecule has 4 N–H and O–H groups in total. The summed E-state index contributed by atoms with van der Waals surface area (Å²) in [4.78, 5) is 1.36. The molecular weight excluding hydrogens is 310 g/mol. The maximum absolute atomic E-state index is 10.6. The van der Waals surface area contributed by atoms with Crippen LogP contribution in [0.15, 0.2) is 54.6 Å². The van der Waals surface area contributed by atoms with Crippen molar-refractivity contribution >= 4 is 27.8 Å². The van der Waals surface area contributed by atoms with Gasteiger partial charge in [0.25, 0.3) is 0 Å². The second kappa shape index (κ2) is 6.30. The Morgan fingerprint density at radius 3 is 2.12 bits per heavy atom. The number of hydrogen-bond acceptors (Lipinski definition) is 3. The molecule has 0 amide bonds. The molecule has 3 aromatic carbocycles. The lowest BCUT2D eigenvalue weighted by Crippen LogP contribution is -3.06. The van der Waals surface area contributed by atoms with E-state index in [1.165, 1.54) is 15.7 Å². The molecule has 0 atom stereocenters. The van der Waals surface area contributed by atoms with Gasteiger partial charge in [0.2, 0.25) is 0 Å². The molecule has 0 saturated heterocycles. The van der Waals surface area contributed by atoms with E-state index in [2.05, 4.69) is 66.9 Å². The second-order valence-electron chi connectivity index (χ2n) is 6.52. The first-order valence-electron chi connectivity index (χ1n) is 8.94. The summed E-state index contributed by atoms with van der Waals surface area (Å²) in [6.07, 6.45) is -0.152. The van der Waals surface area contributed by atoms with Gasteiger partial charge in [0.15, 0.2) is 0 Å². The molecule has 1 aliphatic heterocycles. The first-order chi connectivity index (χ1) is 12.2. The third-order valence-corrected chi connectivity index (χ3v) is 5.11. The van der Waals surface area contributed by atoms with Crippen LogP contribution in [0, 0.1) is 0 Å². The molecule has 0 spiro atoms. The maximum atomic E-state index is 10.6. The van der Waals surface area contributed by atoms with Crippen LogP contribution in [0.2, 0.25) is 0 Å². The van der Waals surface area contributed by atoms with Crippen molar-refractivity contribution in [3.63, 3.8) is 0 Å². The lowest BCUT2D eigenvalue weighted by Gasteiger charge is -2.30. The molecular formula is C21H24N3O+. The molecule has 25 heavy (non-hydrogen) atoms. The van der Waals surface area contributed by atoms with E-state index in [0.29, 0.717) is 5.75 Å². The molecule has 1 heterocycles. The van der Waals surface area contributed by atoms with Gasteiger partial charge in [-0.05, 0) is 43.5 Å². The fraction of sp³-hybridized carbons (Fsp3) is 0.238. The highest BCUT2D eigenvalue weighted by Gasteiger charge is 2.23. The van der Waals surface area contributed by atoms with Crippen LogP contribution in [0.1, 0.15) is 25.6 Å². The van der Waals surface area contributed by atoms with Gasteiger partial charge in [-0.1, -0.05) is 24.3 Å². The van der Waals surface area contributed by atoms with Crippen LogP contribution >= 0.6 is 0 Å². The first kappa shape index (κ1) is 15.8. The summed E-state index contributed by atoms with van der Waals surface area (Å²) >= 11 is 0. The summed E-state index contributed by atoms with van der Waals surface area (Å²) in [5.74, 6) is 0.327. The molecule has 4 nitrogen and oxygen atoms in total. The number of hydrogen-bond donors (Lipinski definition) is 4. The topological polar surface area (TPSA) is 48.7 Å². The summed E-state index contributed by atoms with van der Waals surface area (Å²) in [5, 5.41) is 20.1. The van der Waals surface area contributed by atoms with E-state index in [-0.39, 0.29) is 6.17 Å². The van der Waals surface area contributed by atoms with Crippen molar-refractivity contribution in [3.05, 3.63) is 60.2 Å².